The minimum atomic E-state index is -1.48. The Morgan fingerprint density at radius 2 is 1.60 bits per heavy atom. The quantitative estimate of drug-likeness (QED) is 0.735. The summed E-state index contributed by atoms with van der Waals surface area (Å²) in [6.45, 7) is 1.97. The molecule has 1 aromatic carbocycles. The standard InChI is InChI=1S/C11H12O4/c1-2-7-3-5-8(6-4-7)9(10(12)13)11(14)15/h3-6,9H,2H2,1H3,(H,12,13)(H,14,15). The maximum atomic E-state index is 10.7. The summed E-state index contributed by atoms with van der Waals surface area (Å²) in [5, 5.41) is 17.5. The van der Waals surface area contributed by atoms with E-state index in [4.69, 9.17) is 10.2 Å². The van der Waals surface area contributed by atoms with Crippen LogP contribution in [0.4, 0.5) is 0 Å². The number of carboxylic acids is 2. The third-order valence-electron chi connectivity index (χ3n) is 2.22. The molecule has 1 aromatic rings. The number of aliphatic carboxylic acids is 2. The molecule has 0 fully saturated rings. The van der Waals surface area contributed by atoms with Crippen molar-refractivity contribution in [3.63, 3.8) is 0 Å². The number of aryl methyl sites for hydroxylation is 1. The van der Waals surface area contributed by atoms with E-state index in [1.165, 1.54) is 0 Å². The molecule has 0 saturated heterocycles. The van der Waals surface area contributed by atoms with Crippen LogP contribution < -0.4 is 0 Å². The monoisotopic (exact) mass is 208 g/mol. The highest BCUT2D eigenvalue weighted by Crippen LogP contribution is 2.17. The Morgan fingerprint density at radius 1 is 1.13 bits per heavy atom. The molecule has 80 valence electrons. The van der Waals surface area contributed by atoms with Crippen molar-refractivity contribution in [1.29, 1.82) is 0 Å². The lowest BCUT2D eigenvalue weighted by atomic mass is 9.98. The Bertz CT molecular complexity index is 353. The number of hydrogen-bond donors (Lipinski definition) is 2. The molecular weight excluding hydrogens is 196 g/mol. The van der Waals surface area contributed by atoms with E-state index in [-0.39, 0.29) is 0 Å². The predicted octanol–water partition coefficient (Wildman–Crippen LogP) is 1.50. The SMILES string of the molecule is CCc1ccc(C(C(=O)O)C(=O)O)cc1. The number of carbonyl (C=O) groups is 2. The summed E-state index contributed by atoms with van der Waals surface area (Å²) in [6.07, 6.45) is 0.838. The lowest BCUT2D eigenvalue weighted by Gasteiger charge is -2.07. The second kappa shape index (κ2) is 4.59. The molecule has 0 spiro atoms. The summed E-state index contributed by atoms with van der Waals surface area (Å²) in [5.74, 6) is -4.16. The molecule has 0 bridgehead atoms. The van der Waals surface area contributed by atoms with Crippen molar-refractivity contribution in [2.75, 3.05) is 0 Å². The van der Waals surface area contributed by atoms with Crippen molar-refractivity contribution in [1.82, 2.24) is 0 Å². The van der Waals surface area contributed by atoms with Crippen LogP contribution in [0.2, 0.25) is 0 Å². The summed E-state index contributed by atoms with van der Waals surface area (Å²) in [4.78, 5) is 21.4. The fourth-order valence-electron chi connectivity index (χ4n) is 1.34. The van der Waals surface area contributed by atoms with Crippen LogP contribution in [0.25, 0.3) is 0 Å². The first kappa shape index (κ1) is 11.2. The minimum Gasteiger partial charge on any atom is -0.480 e. The molecule has 0 aliphatic rings. The van der Waals surface area contributed by atoms with Gasteiger partial charge in [0.1, 0.15) is 0 Å². The maximum absolute atomic E-state index is 10.7. The van der Waals surface area contributed by atoms with Gasteiger partial charge in [-0.1, -0.05) is 31.2 Å². The zero-order valence-corrected chi connectivity index (χ0v) is 8.30. The Hall–Kier alpha value is -1.84. The smallest absolute Gasteiger partial charge is 0.322 e. The van der Waals surface area contributed by atoms with Crippen LogP contribution in [0.1, 0.15) is 24.0 Å². The first-order valence-electron chi connectivity index (χ1n) is 4.60. The van der Waals surface area contributed by atoms with E-state index < -0.39 is 17.9 Å². The molecule has 0 aliphatic heterocycles. The summed E-state index contributed by atoms with van der Waals surface area (Å²) in [7, 11) is 0. The van der Waals surface area contributed by atoms with E-state index in [0.29, 0.717) is 5.56 Å². The van der Waals surface area contributed by atoms with Gasteiger partial charge in [-0.25, -0.2) is 0 Å². The van der Waals surface area contributed by atoms with E-state index >= 15 is 0 Å². The van der Waals surface area contributed by atoms with Gasteiger partial charge in [0.25, 0.3) is 0 Å². The van der Waals surface area contributed by atoms with Gasteiger partial charge in [0.15, 0.2) is 5.92 Å². The summed E-state index contributed by atoms with van der Waals surface area (Å²) in [6, 6.07) is 6.58. The Labute approximate surface area is 87.2 Å². The third kappa shape index (κ3) is 2.56. The molecule has 2 N–H and O–H groups in total. The third-order valence-corrected chi connectivity index (χ3v) is 2.22. The van der Waals surface area contributed by atoms with Gasteiger partial charge in [-0.2, -0.15) is 0 Å². The van der Waals surface area contributed by atoms with Crippen molar-refractivity contribution in [2.24, 2.45) is 0 Å². The zero-order valence-electron chi connectivity index (χ0n) is 8.30. The normalized spacial score (nSPS) is 10.3. The Balaban J connectivity index is 3.02. The van der Waals surface area contributed by atoms with Crippen LogP contribution in [-0.2, 0) is 16.0 Å². The van der Waals surface area contributed by atoms with Crippen LogP contribution in [0.5, 0.6) is 0 Å². The van der Waals surface area contributed by atoms with Crippen molar-refractivity contribution >= 4 is 11.9 Å². The second-order valence-electron chi connectivity index (χ2n) is 3.20. The maximum Gasteiger partial charge on any atom is 0.322 e. The molecule has 0 aliphatic carbocycles. The number of hydrogen-bond acceptors (Lipinski definition) is 2. The topological polar surface area (TPSA) is 74.6 Å². The van der Waals surface area contributed by atoms with Gasteiger partial charge in [0, 0.05) is 0 Å². The van der Waals surface area contributed by atoms with Crippen LogP contribution >= 0.6 is 0 Å². The lowest BCUT2D eigenvalue weighted by Crippen LogP contribution is -2.20. The molecule has 15 heavy (non-hydrogen) atoms. The van der Waals surface area contributed by atoms with Crippen LogP contribution in [-0.4, -0.2) is 22.2 Å². The Morgan fingerprint density at radius 3 is 1.93 bits per heavy atom. The molecule has 0 atom stereocenters. The fourth-order valence-corrected chi connectivity index (χ4v) is 1.34. The molecule has 0 aromatic heterocycles. The summed E-state index contributed by atoms with van der Waals surface area (Å²) < 4.78 is 0. The number of rotatable bonds is 4. The van der Waals surface area contributed by atoms with Gasteiger partial charge in [0.05, 0.1) is 0 Å². The molecule has 4 heteroatoms. The largest absolute Gasteiger partial charge is 0.480 e. The van der Waals surface area contributed by atoms with Crippen molar-refractivity contribution in [3.05, 3.63) is 35.4 Å². The highest BCUT2D eigenvalue weighted by atomic mass is 16.4. The highest BCUT2D eigenvalue weighted by molar-refractivity contribution is 5.98. The van der Waals surface area contributed by atoms with E-state index in [0.717, 1.165) is 12.0 Å². The van der Waals surface area contributed by atoms with Crippen LogP contribution in [0, 0.1) is 0 Å². The second-order valence-corrected chi connectivity index (χ2v) is 3.20. The molecule has 0 saturated carbocycles. The minimum absolute atomic E-state index is 0.298. The van der Waals surface area contributed by atoms with E-state index in [1.807, 2.05) is 6.92 Å². The van der Waals surface area contributed by atoms with Gasteiger partial charge in [-0.05, 0) is 17.5 Å². The van der Waals surface area contributed by atoms with Gasteiger partial charge < -0.3 is 10.2 Å². The lowest BCUT2D eigenvalue weighted by molar-refractivity contribution is -0.150. The summed E-state index contributed by atoms with van der Waals surface area (Å²) >= 11 is 0. The number of benzene rings is 1. The van der Waals surface area contributed by atoms with Gasteiger partial charge in [-0.15, -0.1) is 0 Å². The van der Waals surface area contributed by atoms with Gasteiger partial charge in [-0.3, -0.25) is 9.59 Å². The van der Waals surface area contributed by atoms with Crippen molar-refractivity contribution < 1.29 is 19.8 Å². The molecule has 4 nitrogen and oxygen atoms in total. The highest BCUT2D eigenvalue weighted by Gasteiger charge is 2.27. The summed E-state index contributed by atoms with van der Waals surface area (Å²) in [5.41, 5.74) is 1.35. The predicted molar refractivity (Wildman–Crippen MR) is 53.8 cm³/mol. The average molecular weight is 208 g/mol. The van der Waals surface area contributed by atoms with E-state index in [1.54, 1.807) is 24.3 Å². The zero-order chi connectivity index (χ0) is 11.4. The molecule has 0 amide bonds. The average Bonchev–Trinajstić information content (AvgIpc) is 2.18. The number of carboxylic acid groups (broad SMARTS) is 2. The molecular formula is C11H12O4. The van der Waals surface area contributed by atoms with Gasteiger partial charge >= 0.3 is 11.9 Å². The first-order valence-corrected chi connectivity index (χ1v) is 4.60. The Kier molecular flexibility index (Phi) is 3.44. The molecule has 0 heterocycles. The van der Waals surface area contributed by atoms with E-state index in [2.05, 4.69) is 0 Å². The van der Waals surface area contributed by atoms with Gasteiger partial charge in [0.2, 0.25) is 0 Å². The van der Waals surface area contributed by atoms with E-state index in [9.17, 15) is 9.59 Å². The van der Waals surface area contributed by atoms with Crippen LogP contribution in [0.15, 0.2) is 24.3 Å². The molecule has 1 rings (SSSR count). The fraction of sp³-hybridized carbons (Fsp3) is 0.273. The van der Waals surface area contributed by atoms with Crippen molar-refractivity contribution in [3.8, 4) is 0 Å². The van der Waals surface area contributed by atoms with Crippen molar-refractivity contribution in [2.45, 2.75) is 19.3 Å². The van der Waals surface area contributed by atoms with Crippen LogP contribution in [0.3, 0.4) is 0 Å². The first-order chi connectivity index (χ1) is 7.06. The molecule has 0 unspecified atom stereocenters. The molecule has 0 radical (unpaired) electrons.